The minimum Gasteiger partial charge on any atom is -0.494 e. The number of likely N-dealkylation sites (tertiary alicyclic amines) is 1. The first kappa shape index (κ1) is 18.5. The lowest BCUT2D eigenvalue weighted by Gasteiger charge is -2.24. The highest BCUT2D eigenvalue weighted by molar-refractivity contribution is 6.31. The summed E-state index contributed by atoms with van der Waals surface area (Å²) in [5.74, 6) is 0.856. The molecule has 138 valence electrons. The first-order valence-electron chi connectivity index (χ1n) is 8.91. The van der Waals surface area contributed by atoms with Crippen molar-refractivity contribution in [2.75, 3.05) is 13.2 Å². The fourth-order valence-corrected chi connectivity index (χ4v) is 3.65. The maximum Gasteiger partial charge on any atom is 0.247 e. The second kappa shape index (κ2) is 7.96. The molecule has 2 heterocycles. The van der Waals surface area contributed by atoms with Crippen LogP contribution in [0.4, 0.5) is 0 Å². The third-order valence-electron chi connectivity index (χ3n) is 4.70. The molecule has 0 N–H and O–H groups in total. The average Bonchev–Trinajstić information content (AvgIpc) is 3.20. The van der Waals surface area contributed by atoms with E-state index in [1.165, 1.54) is 0 Å². The number of rotatable bonds is 5. The highest BCUT2D eigenvalue weighted by Gasteiger charge is 2.28. The maximum absolute atomic E-state index is 12.7. The molecular weight excluding hydrogens is 350 g/mol. The number of amides is 1. The van der Waals surface area contributed by atoms with Crippen LogP contribution in [0.5, 0.6) is 5.75 Å². The van der Waals surface area contributed by atoms with E-state index in [9.17, 15) is 4.79 Å². The van der Waals surface area contributed by atoms with Gasteiger partial charge in [-0.2, -0.15) is 5.10 Å². The van der Waals surface area contributed by atoms with E-state index in [0.29, 0.717) is 11.8 Å². The van der Waals surface area contributed by atoms with E-state index >= 15 is 0 Å². The van der Waals surface area contributed by atoms with Crippen LogP contribution in [0.2, 0.25) is 5.15 Å². The number of aromatic nitrogens is 2. The molecule has 1 aliphatic rings. The predicted octanol–water partition coefficient (Wildman–Crippen LogP) is 4.16. The number of aryl methyl sites for hydroxylation is 2. The molecule has 1 saturated heterocycles. The van der Waals surface area contributed by atoms with E-state index < -0.39 is 0 Å². The molecule has 0 aliphatic carbocycles. The zero-order valence-electron chi connectivity index (χ0n) is 15.4. The fraction of sp³-hybridized carbons (Fsp3) is 0.400. The third-order valence-corrected chi connectivity index (χ3v) is 5.15. The monoisotopic (exact) mass is 373 g/mol. The quantitative estimate of drug-likeness (QED) is 0.739. The number of hydrogen-bond donors (Lipinski definition) is 0. The van der Waals surface area contributed by atoms with Gasteiger partial charge in [-0.25, -0.2) is 0 Å². The van der Waals surface area contributed by atoms with Crippen LogP contribution >= 0.6 is 11.6 Å². The van der Waals surface area contributed by atoms with Gasteiger partial charge in [0.25, 0.3) is 0 Å². The molecule has 1 aromatic carbocycles. The molecule has 0 radical (unpaired) electrons. The fourth-order valence-electron chi connectivity index (χ4n) is 3.42. The molecule has 1 amide bonds. The lowest BCUT2D eigenvalue weighted by Crippen LogP contribution is -2.28. The number of carbonyl (C=O) groups excluding carboxylic acids is 1. The van der Waals surface area contributed by atoms with Crippen molar-refractivity contribution in [3.05, 3.63) is 52.3 Å². The van der Waals surface area contributed by atoms with Gasteiger partial charge >= 0.3 is 0 Å². The van der Waals surface area contributed by atoms with Gasteiger partial charge < -0.3 is 9.64 Å². The number of carbonyl (C=O) groups is 1. The number of halogens is 1. The SMILES string of the molecule is CCOc1ccc(C2CCCN2C(=O)/C=C/c2c(C)nn(C)c2Cl)cc1. The first-order valence-corrected chi connectivity index (χ1v) is 9.29. The zero-order valence-corrected chi connectivity index (χ0v) is 16.2. The summed E-state index contributed by atoms with van der Waals surface area (Å²) in [6, 6.07) is 8.14. The summed E-state index contributed by atoms with van der Waals surface area (Å²) in [4.78, 5) is 14.7. The van der Waals surface area contributed by atoms with Crippen LogP contribution in [-0.2, 0) is 11.8 Å². The first-order chi connectivity index (χ1) is 12.5. The van der Waals surface area contributed by atoms with Gasteiger partial charge in [-0.3, -0.25) is 9.48 Å². The summed E-state index contributed by atoms with van der Waals surface area (Å²) in [6.07, 6.45) is 5.34. The van der Waals surface area contributed by atoms with Crippen LogP contribution in [-0.4, -0.2) is 33.7 Å². The second-order valence-corrected chi connectivity index (χ2v) is 6.80. The summed E-state index contributed by atoms with van der Waals surface area (Å²) < 4.78 is 7.11. The standard InChI is InChI=1S/C20H24ClN3O2/c1-4-26-16-9-7-15(8-10-16)18-6-5-13-24(18)19(25)12-11-17-14(2)22-23(3)20(17)21/h7-12,18H,4-6,13H2,1-3H3/b12-11+. The molecular formula is C20H24ClN3O2. The minimum absolute atomic E-state index is 0.000652. The van der Waals surface area contributed by atoms with E-state index in [1.807, 2.05) is 43.0 Å². The molecule has 0 saturated carbocycles. The van der Waals surface area contributed by atoms with Crippen molar-refractivity contribution in [2.24, 2.45) is 7.05 Å². The predicted molar refractivity (Wildman–Crippen MR) is 103 cm³/mol. The summed E-state index contributed by atoms with van der Waals surface area (Å²) in [7, 11) is 1.79. The average molecular weight is 374 g/mol. The van der Waals surface area contributed by atoms with Gasteiger partial charge in [-0.15, -0.1) is 0 Å². The molecule has 6 heteroatoms. The van der Waals surface area contributed by atoms with Crippen LogP contribution in [0.1, 0.15) is 42.6 Å². The van der Waals surface area contributed by atoms with Gasteiger partial charge in [0.05, 0.1) is 18.3 Å². The Morgan fingerprint density at radius 3 is 2.73 bits per heavy atom. The van der Waals surface area contributed by atoms with Crippen LogP contribution in [0.25, 0.3) is 6.08 Å². The number of ether oxygens (including phenoxy) is 1. The Kier molecular flexibility index (Phi) is 5.67. The van der Waals surface area contributed by atoms with Crippen molar-refractivity contribution < 1.29 is 9.53 Å². The molecule has 0 spiro atoms. The molecule has 1 atom stereocenters. The van der Waals surface area contributed by atoms with Crippen molar-refractivity contribution in [2.45, 2.75) is 32.7 Å². The molecule has 3 rings (SSSR count). The van der Waals surface area contributed by atoms with E-state index in [1.54, 1.807) is 23.9 Å². The smallest absolute Gasteiger partial charge is 0.247 e. The molecule has 1 fully saturated rings. The van der Waals surface area contributed by atoms with Gasteiger partial charge in [0, 0.05) is 25.2 Å². The van der Waals surface area contributed by atoms with Crippen molar-refractivity contribution in [1.29, 1.82) is 0 Å². The molecule has 26 heavy (non-hydrogen) atoms. The van der Waals surface area contributed by atoms with Gasteiger partial charge in [0.1, 0.15) is 10.9 Å². The third kappa shape index (κ3) is 3.78. The molecule has 1 aromatic heterocycles. The minimum atomic E-state index is 0.000652. The Labute approximate surface area is 159 Å². The van der Waals surface area contributed by atoms with E-state index in [4.69, 9.17) is 16.3 Å². The van der Waals surface area contributed by atoms with Gasteiger partial charge in [0.15, 0.2) is 0 Å². The Morgan fingerprint density at radius 2 is 2.12 bits per heavy atom. The highest BCUT2D eigenvalue weighted by Crippen LogP contribution is 2.33. The Balaban J connectivity index is 1.74. The van der Waals surface area contributed by atoms with Crippen LogP contribution in [0, 0.1) is 6.92 Å². The van der Waals surface area contributed by atoms with Gasteiger partial charge in [-0.05, 0) is 50.5 Å². The Bertz CT molecular complexity index is 811. The molecule has 0 bridgehead atoms. The lowest BCUT2D eigenvalue weighted by atomic mass is 10.0. The van der Waals surface area contributed by atoms with Crippen molar-refractivity contribution in [3.63, 3.8) is 0 Å². The summed E-state index contributed by atoms with van der Waals surface area (Å²) in [5.41, 5.74) is 2.74. The maximum atomic E-state index is 12.7. The molecule has 2 aromatic rings. The molecule has 1 unspecified atom stereocenters. The Morgan fingerprint density at radius 1 is 1.38 bits per heavy atom. The number of hydrogen-bond acceptors (Lipinski definition) is 3. The van der Waals surface area contributed by atoms with Gasteiger partial charge in [0.2, 0.25) is 5.91 Å². The van der Waals surface area contributed by atoms with E-state index in [-0.39, 0.29) is 11.9 Å². The van der Waals surface area contributed by atoms with Crippen LogP contribution in [0.15, 0.2) is 30.3 Å². The summed E-state index contributed by atoms with van der Waals surface area (Å²) in [5, 5.41) is 4.81. The molecule has 1 aliphatic heterocycles. The number of benzene rings is 1. The number of nitrogens with zero attached hydrogens (tertiary/aromatic N) is 3. The van der Waals surface area contributed by atoms with Crippen molar-refractivity contribution >= 4 is 23.6 Å². The lowest BCUT2D eigenvalue weighted by molar-refractivity contribution is -0.126. The summed E-state index contributed by atoms with van der Waals surface area (Å²) in [6.45, 7) is 5.26. The zero-order chi connectivity index (χ0) is 18.7. The largest absolute Gasteiger partial charge is 0.494 e. The second-order valence-electron chi connectivity index (χ2n) is 6.44. The normalized spacial score (nSPS) is 17.2. The van der Waals surface area contributed by atoms with Crippen LogP contribution in [0.3, 0.4) is 0 Å². The van der Waals surface area contributed by atoms with Gasteiger partial charge in [-0.1, -0.05) is 23.7 Å². The molecule has 5 nitrogen and oxygen atoms in total. The summed E-state index contributed by atoms with van der Waals surface area (Å²) >= 11 is 6.23. The van der Waals surface area contributed by atoms with E-state index in [0.717, 1.165) is 42.0 Å². The van der Waals surface area contributed by atoms with Crippen molar-refractivity contribution in [1.82, 2.24) is 14.7 Å². The van der Waals surface area contributed by atoms with E-state index in [2.05, 4.69) is 5.10 Å². The van der Waals surface area contributed by atoms with Crippen molar-refractivity contribution in [3.8, 4) is 5.75 Å². The Hall–Kier alpha value is -2.27. The van der Waals surface area contributed by atoms with Crippen LogP contribution < -0.4 is 4.74 Å². The topological polar surface area (TPSA) is 47.4 Å². The highest BCUT2D eigenvalue weighted by atomic mass is 35.5.